The van der Waals surface area contributed by atoms with Gasteiger partial charge < -0.3 is 10.6 Å². The molecule has 0 radical (unpaired) electrons. The minimum atomic E-state index is -0.834. The molecular weight excluding hydrogens is 442 g/mol. The number of aromatic nitrogens is 4. The van der Waals surface area contributed by atoms with E-state index in [0.29, 0.717) is 29.2 Å². The summed E-state index contributed by atoms with van der Waals surface area (Å²) >= 11 is 6.25. The van der Waals surface area contributed by atoms with E-state index in [1.165, 1.54) is 11.2 Å². The van der Waals surface area contributed by atoms with Crippen LogP contribution in [0.4, 0.5) is 4.79 Å². The monoisotopic (exact) mass is 467 g/mol. The molecule has 3 aromatic rings. The lowest BCUT2D eigenvalue weighted by atomic mass is 10.1. The zero-order valence-electron chi connectivity index (χ0n) is 18.3. The van der Waals surface area contributed by atoms with Crippen LogP contribution in [0.5, 0.6) is 0 Å². The number of urea groups is 1. The Hall–Kier alpha value is -3.30. The lowest BCUT2D eigenvalue weighted by Crippen LogP contribution is -2.52. The zero-order chi connectivity index (χ0) is 23.4. The van der Waals surface area contributed by atoms with Crippen molar-refractivity contribution in [3.63, 3.8) is 0 Å². The summed E-state index contributed by atoms with van der Waals surface area (Å²) in [5.41, 5.74) is 8.18. The summed E-state index contributed by atoms with van der Waals surface area (Å²) < 4.78 is 1.57. The van der Waals surface area contributed by atoms with Crippen LogP contribution in [-0.4, -0.2) is 60.1 Å². The standard InChI is InChI=1S/C23H26ClN7O2/c1-16(25)22(32)30(13-17-11-18(24)7-8-21(17)31-15-26-14-28-31)23(33)29-10-4-6-20(29)12-19-5-2-3-9-27-19/h2-3,5,7-9,11,14-16,20H,4,6,10,12-13,25H2,1H3/t16-,20+/m1/s1. The normalized spacial score (nSPS) is 16.6. The number of amides is 3. The third-order valence-corrected chi connectivity index (χ3v) is 5.95. The first-order chi connectivity index (χ1) is 15.9. The van der Waals surface area contributed by atoms with Gasteiger partial charge in [-0.3, -0.25) is 14.7 Å². The van der Waals surface area contributed by atoms with E-state index in [4.69, 9.17) is 17.3 Å². The lowest BCUT2D eigenvalue weighted by Gasteiger charge is -2.32. The second-order valence-electron chi connectivity index (χ2n) is 8.12. The molecule has 33 heavy (non-hydrogen) atoms. The third-order valence-electron chi connectivity index (χ3n) is 5.72. The van der Waals surface area contributed by atoms with E-state index < -0.39 is 11.9 Å². The number of carbonyl (C=O) groups excluding carboxylic acids is 2. The van der Waals surface area contributed by atoms with Crippen LogP contribution in [0, 0.1) is 0 Å². The van der Waals surface area contributed by atoms with Gasteiger partial charge in [-0.05, 0) is 55.7 Å². The number of hydrogen-bond acceptors (Lipinski definition) is 6. The molecule has 1 aliphatic heterocycles. The first-order valence-corrected chi connectivity index (χ1v) is 11.2. The average Bonchev–Trinajstić information content (AvgIpc) is 3.50. The van der Waals surface area contributed by atoms with Crippen molar-refractivity contribution >= 4 is 23.5 Å². The summed E-state index contributed by atoms with van der Waals surface area (Å²) in [6.07, 6.45) is 7.06. The Kier molecular flexibility index (Phi) is 7.00. The predicted molar refractivity (Wildman–Crippen MR) is 124 cm³/mol. The predicted octanol–water partition coefficient (Wildman–Crippen LogP) is 2.82. The Bertz CT molecular complexity index is 1110. The van der Waals surface area contributed by atoms with E-state index in [-0.39, 0.29) is 18.6 Å². The molecule has 0 aliphatic carbocycles. The Balaban J connectivity index is 1.63. The second-order valence-corrected chi connectivity index (χ2v) is 8.56. The maximum absolute atomic E-state index is 13.7. The van der Waals surface area contributed by atoms with Crippen molar-refractivity contribution in [1.82, 2.24) is 29.5 Å². The number of benzene rings is 1. The fourth-order valence-corrected chi connectivity index (χ4v) is 4.30. The first-order valence-electron chi connectivity index (χ1n) is 10.8. The molecule has 2 atom stereocenters. The maximum atomic E-state index is 13.7. The minimum absolute atomic E-state index is 0.0156. The smallest absolute Gasteiger partial charge is 0.321 e. The van der Waals surface area contributed by atoms with Crippen LogP contribution in [0.15, 0.2) is 55.2 Å². The van der Waals surface area contributed by atoms with Crippen molar-refractivity contribution in [3.8, 4) is 5.69 Å². The van der Waals surface area contributed by atoms with Crippen LogP contribution >= 0.6 is 11.6 Å². The zero-order valence-corrected chi connectivity index (χ0v) is 19.1. The molecule has 0 bridgehead atoms. The van der Waals surface area contributed by atoms with E-state index >= 15 is 0 Å². The van der Waals surface area contributed by atoms with Gasteiger partial charge in [-0.2, -0.15) is 5.10 Å². The van der Waals surface area contributed by atoms with Gasteiger partial charge in [-0.15, -0.1) is 0 Å². The van der Waals surface area contributed by atoms with E-state index in [9.17, 15) is 9.59 Å². The number of imide groups is 1. The van der Waals surface area contributed by atoms with Crippen molar-refractivity contribution in [3.05, 3.63) is 71.5 Å². The van der Waals surface area contributed by atoms with Gasteiger partial charge in [-0.25, -0.2) is 14.5 Å². The summed E-state index contributed by atoms with van der Waals surface area (Å²) in [7, 11) is 0. The van der Waals surface area contributed by atoms with E-state index in [2.05, 4.69) is 15.1 Å². The fourth-order valence-electron chi connectivity index (χ4n) is 4.11. The van der Waals surface area contributed by atoms with Crippen LogP contribution in [0.1, 0.15) is 31.0 Å². The second kappa shape index (κ2) is 10.1. The van der Waals surface area contributed by atoms with Gasteiger partial charge in [0.1, 0.15) is 12.7 Å². The SMILES string of the molecule is C[C@@H](N)C(=O)N(Cc1cc(Cl)ccc1-n1cncn1)C(=O)N1CCC[C@H]1Cc1ccccn1. The molecule has 172 valence electrons. The van der Waals surface area contributed by atoms with E-state index in [1.54, 1.807) is 47.2 Å². The molecule has 10 heteroatoms. The number of hydrogen-bond donors (Lipinski definition) is 1. The highest BCUT2D eigenvalue weighted by Crippen LogP contribution is 2.25. The molecular formula is C23H26ClN7O2. The van der Waals surface area contributed by atoms with Crippen LogP contribution in [0.2, 0.25) is 5.02 Å². The van der Waals surface area contributed by atoms with Crippen LogP contribution in [0.3, 0.4) is 0 Å². The molecule has 3 amide bonds. The fraction of sp³-hybridized carbons (Fsp3) is 0.348. The highest BCUT2D eigenvalue weighted by molar-refractivity contribution is 6.30. The van der Waals surface area contributed by atoms with E-state index in [0.717, 1.165) is 18.5 Å². The number of pyridine rings is 1. The van der Waals surface area contributed by atoms with Crippen LogP contribution in [-0.2, 0) is 17.8 Å². The summed E-state index contributed by atoms with van der Waals surface area (Å²) in [5, 5.41) is 4.67. The molecule has 1 saturated heterocycles. The third kappa shape index (κ3) is 5.20. The Morgan fingerprint density at radius 2 is 2.15 bits per heavy atom. The molecule has 9 nitrogen and oxygen atoms in total. The largest absolute Gasteiger partial charge is 0.327 e. The Morgan fingerprint density at radius 1 is 1.30 bits per heavy atom. The van der Waals surface area contributed by atoms with Crippen molar-refractivity contribution in [2.45, 2.75) is 44.8 Å². The van der Waals surface area contributed by atoms with Gasteiger partial charge in [0.15, 0.2) is 0 Å². The van der Waals surface area contributed by atoms with Crippen molar-refractivity contribution in [2.75, 3.05) is 6.54 Å². The quantitative estimate of drug-likeness (QED) is 0.596. The maximum Gasteiger partial charge on any atom is 0.327 e. The summed E-state index contributed by atoms with van der Waals surface area (Å²) in [6, 6.07) is 9.74. The minimum Gasteiger partial charge on any atom is -0.321 e. The Morgan fingerprint density at radius 3 is 2.85 bits per heavy atom. The summed E-state index contributed by atoms with van der Waals surface area (Å²) in [4.78, 5) is 38.1. The van der Waals surface area contributed by atoms with Gasteiger partial charge in [0, 0.05) is 35.9 Å². The number of rotatable bonds is 6. The Labute approximate surface area is 197 Å². The first kappa shape index (κ1) is 22.9. The summed E-state index contributed by atoms with van der Waals surface area (Å²) in [6.45, 7) is 2.17. The average molecular weight is 468 g/mol. The van der Waals surface area contributed by atoms with Crippen molar-refractivity contribution < 1.29 is 9.59 Å². The molecule has 4 rings (SSSR count). The molecule has 1 aromatic carbocycles. The van der Waals surface area contributed by atoms with Crippen LogP contribution < -0.4 is 5.73 Å². The highest BCUT2D eigenvalue weighted by atomic mass is 35.5. The number of halogens is 1. The van der Waals surface area contributed by atoms with E-state index in [1.807, 2.05) is 18.2 Å². The van der Waals surface area contributed by atoms with Crippen molar-refractivity contribution in [2.24, 2.45) is 5.73 Å². The lowest BCUT2D eigenvalue weighted by molar-refractivity contribution is -0.130. The molecule has 0 saturated carbocycles. The topological polar surface area (TPSA) is 110 Å². The highest BCUT2D eigenvalue weighted by Gasteiger charge is 2.35. The van der Waals surface area contributed by atoms with Gasteiger partial charge >= 0.3 is 6.03 Å². The molecule has 0 spiro atoms. The molecule has 2 N–H and O–H groups in total. The van der Waals surface area contributed by atoms with Gasteiger partial charge in [-0.1, -0.05) is 17.7 Å². The number of carbonyl (C=O) groups is 2. The molecule has 1 fully saturated rings. The molecule has 2 aromatic heterocycles. The molecule has 1 aliphatic rings. The number of likely N-dealkylation sites (tertiary alicyclic amines) is 1. The van der Waals surface area contributed by atoms with Gasteiger partial charge in [0.05, 0.1) is 18.3 Å². The van der Waals surface area contributed by atoms with Crippen molar-refractivity contribution in [1.29, 1.82) is 0 Å². The van der Waals surface area contributed by atoms with Crippen LogP contribution in [0.25, 0.3) is 5.69 Å². The van der Waals surface area contributed by atoms with Gasteiger partial charge in [0.25, 0.3) is 0 Å². The molecule has 3 heterocycles. The van der Waals surface area contributed by atoms with Gasteiger partial charge in [0.2, 0.25) is 5.91 Å². The number of nitrogens with two attached hydrogens (primary N) is 1. The molecule has 0 unspecified atom stereocenters. The summed E-state index contributed by atoms with van der Waals surface area (Å²) in [5.74, 6) is -0.451. The number of nitrogens with zero attached hydrogens (tertiary/aromatic N) is 6.